The number of nitrogens with one attached hydrogen (secondary N) is 1. The van der Waals surface area contributed by atoms with E-state index in [1.54, 1.807) is 18.3 Å². The molecule has 1 aromatic heterocycles. The van der Waals surface area contributed by atoms with Crippen LogP contribution < -0.4 is 10.2 Å². The van der Waals surface area contributed by atoms with Gasteiger partial charge in [-0.3, -0.25) is 14.6 Å². The van der Waals surface area contributed by atoms with Gasteiger partial charge in [-0.2, -0.15) is 0 Å². The molecule has 2 amide bonds. The van der Waals surface area contributed by atoms with Crippen LogP contribution in [0.25, 0.3) is 0 Å². The molecule has 1 N–H and O–H groups in total. The van der Waals surface area contributed by atoms with Gasteiger partial charge in [0.05, 0.1) is 5.69 Å². The number of hydrogen-bond acceptors (Lipinski definition) is 3. The van der Waals surface area contributed by atoms with Gasteiger partial charge in [-0.15, -0.1) is 0 Å². The van der Waals surface area contributed by atoms with E-state index in [0.717, 1.165) is 5.69 Å². The van der Waals surface area contributed by atoms with E-state index >= 15 is 0 Å². The lowest BCUT2D eigenvalue weighted by Crippen LogP contribution is -2.37. The monoisotopic (exact) mass is 405 g/mol. The van der Waals surface area contributed by atoms with Crippen molar-refractivity contribution in [2.45, 2.75) is 12.8 Å². The molecule has 7 heteroatoms. The van der Waals surface area contributed by atoms with Gasteiger partial charge in [-0.05, 0) is 36.8 Å². The van der Waals surface area contributed by atoms with Gasteiger partial charge in [0.1, 0.15) is 11.7 Å². The zero-order valence-corrected chi connectivity index (χ0v) is 15.0. The molecule has 1 aliphatic rings. The third-order valence-electron chi connectivity index (χ3n) is 4.13. The predicted octanol–water partition coefficient (Wildman–Crippen LogP) is 2.70. The number of anilines is 1. The standard InChI is InChI=1S/C18H17BrFN3O2/c19-12-4-5-16(15(20)11-12)23-10-7-14(18(23)25)17(24)22-9-6-13-3-1-2-8-21-13/h1-5,8,11,14H,6-7,9-10H2,(H,22,24). The number of hydrogen-bond donors (Lipinski definition) is 1. The van der Waals surface area contributed by atoms with E-state index in [1.807, 2.05) is 18.2 Å². The molecule has 1 unspecified atom stereocenters. The molecule has 5 nitrogen and oxygen atoms in total. The molecule has 0 bridgehead atoms. The van der Waals surface area contributed by atoms with Crippen molar-refractivity contribution in [3.05, 3.63) is 58.6 Å². The third-order valence-corrected chi connectivity index (χ3v) is 4.62. The summed E-state index contributed by atoms with van der Waals surface area (Å²) in [5, 5.41) is 2.77. The van der Waals surface area contributed by atoms with Crippen LogP contribution in [0.3, 0.4) is 0 Å². The van der Waals surface area contributed by atoms with E-state index in [9.17, 15) is 14.0 Å². The maximum absolute atomic E-state index is 14.1. The second-order valence-electron chi connectivity index (χ2n) is 5.79. The highest BCUT2D eigenvalue weighted by molar-refractivity contribution is 9.10. The molecule has 3 rings (SSSR count). The first-order valence-corrected chi connectivity index (χ1v) is 8.79. The van der Waals surface area contributed by atoms with Crippen molar-refractivity contribution in [1.29, 1.82) is 0 Å². The molecular weight excluding hydrogens is 389 g/mol. The van der Waals surface area contributed by atoms with Crippen molar-refractivity contribution in [3.8, 4) is 0 Å². The van der Waals surface area contributed by atoms with Crippen LogP contribution in [0.4, 0.5) is 10.1 Å². The molecule has 0 radical (unpaired) electrons. The van der Waals surface area contributed by atoms with Gasteiger partial charge in [0.25, 0.3) is 0 Å². The first kappa shape index (κ1) is 17.5. The predicted molar refractivity (Wildman–Crippen MR) is 95.5 cm³/mol. The van der Waals surface area contributed by atoms with E-state index in [0.29, 0.717) is 30.4 Å². The normalized spacial score (nSPS) is 17.0. The molecule has 0 aliphatic carbocycles. The molecule has 130 valence electrons. The zero-order valence-electron chi connectivity index (χ0n) is 13.4. The van der Waals surface area contributed by atoms with E-state index in [-0.39, 0.29) is 17.5 Å². The molecule has 1 aromatic carbocycles. The summed E-state index contributed by atoms with van der Waals surface area (Å²) in [6.07, 6.45) is 2.67. The summed E-state index contributed by atoms with van der Waals surface area (Å²) >= 11 is 3.19. The van der Waals surface area contributed by atoms with E-state index in [1.165, 1.54) is 11.0 Å². The molecule has 2 aromatic rings. The lowest BCUT2D eigenvalue weighted by atomic mass is 10.1. The summed E-state index contributed by atoms with van der Waals surface area (Å²) in [7, 11) is 0. The van der Waals surface area contributed by atoms with Gasteiger partial charge < -0.3 is 10.2 Å². The van der Waals surface area contributed by atoms with Crippen molar-refractivity contribution < 1.29 is 14.0 Å². The molecule has 1 saturated heterocycles. The summed E-state index contributed by atoms with van der Waals surface area (Å²) < 4.78 is 14.7. The summed E-state index contributed by atoms with van der Waals surface area (Å²) in [6.45, 7) is 0.738. The Morgan fingerprint density at radius 2 is 2.20 bits per heavy atom. The van der Waals surface area contributed by atoms with Gasteiger partial charge in [0.15, 0.2) is 0 Å². The largest absolute Gasteiger partial charge is 0.355 e. The van der Waals surface area contributed by atoms with E-state index in [2.05, 4.69) is 26.2 Å². The average Bonchev–Trinajstić information content (AvgIpc) is 2.97. The quantitative estimate of drug-likeness (QED) is 0.777. The lowest BCUT2D eigenvalue weighted by Gasteiger charge is -2.17. The highest BCUT2D eigenvalue weighted by atomic mass is 79.9. The highest BCUT2D eigenvalue weighted by Gasteiger charge is 2.38. The first-order chi connectivity index (χ1) is 12.1. The zero-order chi connectivity index (χ0) is 17.8. The molecule has 0 spiro atoms. The molecule has 1 fully saturated rings. The Balaban J connectivity index is 1.58. The summed E-state index contributed by atoms with van der Waals surface area (Å²) in [4.78, 5) is 30.3. The summed E-state index contributed by atoms with van der Waals surface area (Å²) in [6, 6.07) is 10.1. The highest BCUT2D eigenvalue weighted by Crippen LogP contribution is 2.29. The van der Waals surface area contributed by atoms with Crippen molar-refractivity contribution in [3.63, 3.8) is 0 Å². The van der Waals surface area contributed by atoms with E-state index < -0.39 is 11.7 Å². The number of nitrogens with zero attached hydrogens (tertiary/aromatic N) is 2. The second kappa shape index (κ2) is 7.74. The third kappa shape index (κ3) is 4.04. The maximum Gasteiger partial charge on any atom is 0.239 e. The Morgan fingerprint density at radius 3 is 2.92 bits per heavy atom. The molecular formula is C18H17BrFN3O2. The number of benzene rings is 1. The molecule has 1 atom stereocenters. The number of carbonyl (C=O) groups excluding carboxylic acids is 2. The SMILES string of the molecule is O=C(NCCc1ccccn1)C1CCN(c2ccc(Br)cc2F)C1=O. The number of rotatable bonds is 5. The Kier molecular flexibility index (Phi) is 5.43. The second-order valence-corrected chi connectivity index (χ2v) is 6.70. The van der Waals surface area contributed by atoms with Crippen LogP contribution in [0.15, 0.2) is 47.1 Å². The van der Waals surface area contributed by atoms with E-state index in [4.69, 9.17) is 0 Å². The number of pyridine rings is 1. The summed E-state index contributed by atoms with van der Waals surface area (Å²) in [5.74, 6) is -1.94. The van der Waals surface area contributed by atoms with Gasteiger partial charge in [-0.1, -0.05) is 22.0 Å². The number of aromatic nitrogens is 1. The number of carbonyl (C=O) groups is 2. The fourth-order valence-electron chi connectivity index (χ4n) is 2.85. The Hall–Kier alpha value is -2.28. The minimum atomic E-state index is -0.772. The number of halogens is 2. The smallest absolute Gasteiger partial charge is 0.239 e. The van der Waals surface area contributed by atoms with Crippen LogP contribution in [0.2, 0.25) is 0 Å². The first-order valence-electron chi connectivity index (χ1n) is 8.00. The van der Waals surface area contributed by atoms with Gasteiger partial charge in [0.2, 0.25) is 11.8 Å². The average molecular weight is 406 g/mol. The molecule has 2 heterocycles. The van der Waals surface area contributed by atoms with Crippen LogP contribution in [0.1, 0.15) is 12.1 Å². The van der Waals surface area contributed by atoms with Crippen LogP contribution in [-0.4, -0.2) is 29.9 Å². The van der Waals surface area contributed by atoms with Crippen molar-refractivity contribution in [2.75, 3.05) is 18.0 Å². The Bertz CT molecular complexity index is 785. The van der Waals surface area contributed by atoms with Crippen LogP contribution >= 0.6 is 15.9 Å². The van der Waals surface area contributed by atoms with Gasteiger partial charge in [-0.25, -0.2) is 4.39 Å². The molecule has 25 heavy (non-hydrogen) atoms. The lowest BCUT2D eigenvalue weighted by molar-refractivity contribution is -0.132. The number of amides is 2. The molecule has 1 aliphatic heterocycles. The summed E-state index contributed by atoms with van der Waals surface area (Å²) in [5.41, 5.74) is 1.08. The topological polar surface area (TPSA) is 62.3 Å². The fraction of sp³-hybridized carbons (Fsp3) is 0.278. The maximum atomic E-state index is 14.1. The van der Waals surface area contributed by atoms with Crippen LogP contribution in [0, 0.1) is 11.7 Å². The van der Waals surface area contributed by atoms with Crippen molar-refractivity contribution in [1.82, 2.24) is 10.3 Å². The van der Waals surface area contributed by atoms with Gasteiger partial charge >= 0.3 is 0 Å². The van der Waals surface area contributed by atoms with Gasteiger partial charge in [0, 0.05) is 35.9 Å². The fourth-order valence-corrected chi connectivity index (χ4v) is 3.18. The Morgan fingerprint density at radius 1 is 1.36 bits per heavy atom. The minimum Gasteiger partial charge on any atom is -0.355 e. The molecule has 0 saturated carbocycles. The van der Waals surface area contributed by atoms with Crippen molar-refractivity contribution in [2.24, 2.45) is 5.92 Å². The van der Waals surface area contributed by atoms with Crippen molar-refractivity contribution >= 4 is 33.4 Å². The Labute approximate surface area is 153 Å². The van der Waals surface area contributed by atoms with Crippen LogP contribution in [0.5, 0.6) is 0 Å². The van der Waals surface area contributed by atoms with Crippen LogP contribution in [-0.2, 0) is 16.0 Å². The minimum absolute atomic E-state index is 0.206.